The number of fused-ring (bicyclic) bond motifs is 1. The first-order valence-corrected chi connectivity index (χ1v) is 8.90. The second kappa shape index (κ2) is 7.51. The Morgan fingerprint density at radius 3 is 2.48 bits per heavy atom. The second-order valence-corrected chi connectivity index (χ2v) is 6.45. The van der Waals surface area contributed by atoms with Gasteiger partial charge in [-0.05, 0) is 53.8 Å². The molecule has 3 rings (SSSR count). The van der Waals surface area contributed by atoms with Crippen LogP contribution in [0.15, 0.2) is 42.5 Å². The number of carbonyl (C=O) groups is 2. The molecule has 2 aromatic rings. The zero-order chi connectivity index (χ0) is 17.8. The summed E-state index contributed by atoms with van der Waals surface area (Å²) >= 11 is 0. The SMILES string of the molecule is CCCCNC(=O)c1ccc(-c2ccc3c(c2)CCN3C(C)=O)cc1. The number of nitrogens with zero attached hydrogens (tertiary/aromatic N) is 1. The molecule has 0 spiro atoms. The van der Waals surface area contributed by atoms with Crippen LogP contribution in [0.3, 0.4) is 0 Å². The Morgan fingerprint density at radius 1 is 1.08 bits per heavy atom. The van der Waals surface area contributed by atoms with Crippen LogP contribution in [0.25, 0.3) is 11.1 Å². The van der Waals surface area contributed by atoms with Crippen LogP contribution in [0.5, 0.6) is 0 Å². The maximum Gasteiger partial charge on any atom is 0.251 e. The van der Waals surface area contributed by atoms with Crippen molar-refractivity contribution in [1.82, 2.24) is 5.32 Å². The van der Waals surface area contributed by atoms with Crippen molar-refractivity contribution in [2.45, 2.75) is 33.1 Å². The minimum absolute atomic E-state index is 0.0222. The van der Waals surface area contributed by atoms with Crippen LogP contribution in [0.4, 0.5) is 5.69 Å². The van der Waals surface area contributed by atoms with Crippen LogP contribution in [0.1, 0.15) is 42.6 Å². The van der Waals surface area contributed by atoms with Gasteiger partial charge in [0.25, 0.3) is 5.91 Å². The van der Waals surface area contributed by atoms with E-state index in [4.69, 9.17) is 0 Å². The number of nitrogens with one attached hydrogen (secondary N) is 1. The highest BCUT2D eigenvalue weighted by Gasteiger charge is 2.22. The van der Waals surface area contributed by atoms with Crippen molar-refractivity contribution in [1.29, 1.82) is 0 Å². The number of benzene rings is 2. The van der Waals surface area contributed by atoms with E-state index in [1.54, 1.807) is 6.92 Å². The molecule has 130 valence electrons. The van der Waals surface area contributed by atoms with E-state index in [0.29, 0.717) is 12.1 Å². The molecule has 0 radical (unpaired) electrons. The molecule has 0 unspecified atom stereocenters. The minimum atomic E-state index is -0.0222. The van der Waals surface area contributed by atoms with Crippen LogP contribution in [-0.4, -0.2) is 24.9 Å². The Kier molecular flexibility index (Phi) is 5.17. The topological polar surface area (TPSA) is 49.4 Å². The number of hydrogen-bond acceptors (Lipinski definition) is 2. The van der Waals surface area contributed by atoms with E-state index in [9.17, 15) is 9.59 Å². The zero-order valence-corrected chi connectivity index (χ0v) is 14.8. The van der Waals surface area contributed by atoms with E-state index in [0.717, 1.165) is 42.6 Å². The summed E-state index contributed by atoms with van der Waals surface area (Å²) in [6.45, 7) is 5.18. The van der Waals surface area contributed by atoms with Gasteiger partial charge in [0.2, 0.25) is 5.91 Å². The predicted octanol–water partition coefficient (Wildman–Crippen LogP) is 3.79. The van der Waals surface area contributed by atoms with E-state index >= 15 is 0 Å². The van der Waals surface area contributed by atoms with Crippen LogP contribution in [0, 0.1) is 0 Å². The van der Waals surface area contributed by atoms with Gasteiger partial charge in [0.1, 0.15) is 0 Å². The molecule has 1 aliphatic heterocycles. The summed E-state index contributed by atoms with van der Waals surface area (Å²) in [6.07, 6.45) is 2.95. The van der Waals surface area contributed by atoms with Crippen LogP contribution >= 0.6 is 0 Å². The average Bonchev–Trinajstić information content (AvgIpc) is 3.05. The Labute approximate surface area is 148 Å². The van der Waals surface area contributed by atoms with Gasteiger partial charge in [-0.1, -0.05) is 31.5 Å². The van der Waals surface area contributed by atoms with E-state index in [-0.39, 0.29) is 11.8 Å². The maximum atomic E-state index is 12.1. The molecule has 1 N–H and O–H groups in total. The lowest BCUT2D eigenvalue weighted by Crippen LogP contribution is -2.25. The molecule has 2 amide bonds. The number of amides is 2. The summed E-state index contributed by atoms with van der Waals surface area (Å²) in [5, 5.41) is 2.93. The molecule has 0 saturated carbocycles. The molecule has 25 heavy (non-hydrogen) atoms. The van der Waals surface area contributed by atoms with Crippen LogP contribution in [0.2, 0.25) is 0 Å². The average molecular weight is 336 g/mol. The largest absolute Gasteiger partial charge is 0.352 e. The molecule has 1 heterocycles. The van der Waals surface area contributed by atoms with Gasteiger partial charge in [-0.25, -0.2) is 0 Å². The highest BCUT2D eigenvalue weighted by atomic mass is 16.2. The van der Waals surface area contributed by atoms with Crippen molar-refractivity contribution in [3.63, 3.8) is 0 Å². The zero-order valence-electron chi connectivity index (χ0n) is 14.8. The normalized spacial score (nSPS) is 12.8. The lowest BCUT2D eigenvalue weighted by atomic mass is 10.0. The molecular weight excluding hydrogens is 312 g/mol. The molecule has 0 saturated heterocycles. The monoisotopic (exact) mass is 336 g/mol. The van der Waals surface area contributed by atoms with Crippen LogP contribution < -0.4 is 10.2 Å². The molecule has 4 nitrogen and oxygen atoms in total. The van der Waals surface area contributed by atoms with Crippen molar-refractivity contribution in [2.24, 2.45) is 0 Å². The van der Waals surface area contributed by atoms with Gasteiger partial charge in [0.15, 0.2) is 0 Å². The number of rotatable bonds is 5. The van der Waals surface area contributed by atoms with Gasteiger partial charge >= 0.3 is 0 Å². The number of hydrogen-bond donors (Lipinski definition) is 1. The Morgan fingerprint density at radius 2 is 1.80 bits per heavy atom. The number of anilines is 1. The van der Waals surface area contributed by atoms with Gasteiger partial charge in [0.05, 0.1) is 0 Å². The molecule has 0 fully saturated rings. The second-order valence-electron chi connectivity index (χ2n) is 6.45. The molecule has 0 aromatic heterocycles. The molecular formula is C21H24N2O2. The summed E-state index contributed by atoms with van der Waals surface area (Å²) in [5.41, 5.74) is 5.09. The molecule has 4 heteroatoms. The fraction of sp³-hybridized carbons (Fsp3) is 0.333. The first-order valence-electron chi connectivity index (χ1n) is 8.90. The Bertz CT molecular complexity index is 781. The van der Waals surface area contributed by atoms with Gasteiger partial charge in [-0.15, -0.1) is 0 Å². The highest BCUT2D eigenvalue weighted by molar-refractivity contribution is 5.95. The van der Waals surface area contributed by atoms with Gasteiger partial charge in [-0.3, -0.25) is 9.59 Å². The summed E-state index contributed by atoms with van der Waals surface area (Å²) in [4.78, 5) is 25.5. The van der Waals surface area contributed by atoms with Crippen molar-refractivity contribution in [3.05, 3.63) is 53.6 Å². The van der Waals surface area contributed by atoms with Gasteiger partial charge < -0.3 is 10.2 Å². The lowest BCUT2D eigenvalue weighted by Gasteiger charge is -2.15. The van der Waals surface area contributed by atoms with E-state index in [1.165, 1.54) is 5.56 Å². The molecule has 2 aromatic carbocycles. The third kappa shape index (κ3) is 3.73. The van der Waals surface area contributed by atoms with Crippen molar-refractivity contribution in [3.8, 4) is 11.1 Å². The summed E-state index contributed by atoms with van der Waals surface area (Å²) in [7, 11) is 0. The molecule has 0 aliphatic carbocycles. The lowest BCUT2D eigenvalue weighted by molar-refractivity contribution is -0.116. The quantitative estimate of drug-likeness (QED) is 0.845. The predicted molar refractivity (Wildman–Crippen MR) is 101 cm³/mol. The summed E-state index contributed by atoms with van der Waals surface area (Å²) < 4.78 is 0. The maximum absolute atomic E-state index is 12.1. The van der Waals surface area contributed by atoms with Crippen molar-refractivity contribution in [2.75, 3.05) is 18.0 Å². The number of carbonyl (C=O) groups excluding carboxylic acids is 2. The minimum Gasteiger partial charge on any atom is -0.352 e. The van der Waals surface area contributed by atoms with E-state index < -0.39 is 0 Å². The molecule has 0 bridgehead atoms. The van der Waals surface area contributed by atoms with E-state index in [1.807, 2.05) is 41.3 Å². The number of unbranched alkanes of at least 4 members (excludes halogenated alkanes) is 1. The molecule has 0 atom stereocenters. The van der Waals surface area contributed by atoms with Crippen LogP contribution in [-0.2, 0) is 11.2 Å². The molecule has 1 aliphatic rings. The summed E-state index contributed by atoms with van der Waals surface area (Å²) in [6, 6.07) is 13.9. The third-order valence-corrected chi connectivity index (χ3v) is 4.65. The standard InChI is InChI=1S/C21H24N2O2/c1-3-4-12-22-21(25)17-7-5-16(6-8-17)18-9-10-20-19(14-18)11-13-23(20)15(2)24/h5-10,14H,3-4,11-13H2,1-2H3,(H,22,25). The van der Waals surface area contributed by atoms with Crippen molar-refractivity contribution < 1.29 is 9.59 Å². The van der Waals surface area contributed by atoms with E-state index in [2.05, 4.69) is 18.3 Å². The first kappa shape index (κ1) is 17.2. The fourth-order valence-electron chi connectivity index (χ4n) is 3.20. The Hall–Kier alpha value is -2.62. The Balaban J connectivity index is 1.75. The highest BCUT2D eigenvalue weighted by Crippen LogP contribution is 2.32. The smallest absolute Gasteiger partial charge is 0.251 e. The third-order valence-electron chi connectivity index (χ3n) is 4.65. The fourth-order valence-corrected chi connectivity index (χ4v) is 3.20. The van der Waals surface area contributed by atoms with Crippen molar-refractivity contribution >= 4 is 17.5 Å². The summed E-state index contributed by atoms with van der Waals surface area (Å²) in [5.74, 6) is 0.0657. The first-order chi connectivity index (χ1) is 12.1. The van der Waals surface area contributed by atoms with Gasteiger partial charge in [0, 0.05) is 31.3 Å². The van der Waals surface area contributed by atoms with Gasteiger partial charge in [-0.2, -0.15) is 0 Å².